The average Bonchev–Trinajstić information content (AvgIpc) is 2.46. The molecular weight excluding hydrogens is 278 g/mol. The maximum Gasteiger partial charge on any atom is 0.236 e. The first-order valence-electron chi connectivity index (χ1n) is 8.61. The number of piperidine rings is 1. The van der Waals surface area contributed by atoms with E-state index in [0.717, 1.165) is 38.9 Å². The molecule has 5 heteroatoms. The minimum atomic E-state index is -0.316. The molecule has 0 radical (unpaired) electrons. The Hall–Kier alpha value is -1.10. The van der Waals surface area contributed by atoms with Crippen molar-refractivity contribution in [3.8, 4) is 0 Å². The minimum Gasteiger partial charge on any atom is -0.340 e. The van der Waals surface area contributed by atoms with Crippen molar-refractivity contribution in [3.05, 3.63) is 0 Å². The largest absolute Gasteiger partial charge is 0.340 e. The molecule has 2 heterocycles. The summed E-state index contributed by atoms with van der Waals surface area (Å²) in [6, 6.07) is 0.196. The number of carbonyl (C=O) groups is 2. The Labute approximate surface area is 134 Å². The fourth-order valence-corrected chi connectivity index (χ4v) is 3.94. The van der Waals surface area contributed by atoms with E-state index in [9.17, 15) is 9.59 Å². The summed E-state index contributed by atoms with van der Waals surface area (Å²) < 4.78 is 0. The first-order valence-corrected chi connectivity index (χ1v) is 8.61. The molecule has 2 aliphatic rings. The molecule has 0 aromatic heterocycles. The van der Waals surface area contributed by atoms with Crippen LogP contribution in [0.5, 0.6) is 0 Å². The summed E-state index contributed by atoms with van der Waals surface area (Å²) in [5.41, 5.74) is -0.316. The normalized spacial score (nSPS) is 24.0. The second-order valence-corrected chi connectivity index (χ2v) is 7.79. The van der Waals surface area contributed by atoms with Gasteiger partial charge in [0.15, 0.2) is 0 Å². The number of hydrogen-bond donors (Lipinski definition) is 1. The highest BCUT2D eigenvalue weighted by atomic mass is 16.2. The van der Waals surface area contributed by atoms with E-state index in [1.807, 2.05) is 9.80 Å². The zero-order valence-electron chi connectivity index (χ0n) is 14.5. The lowest BCUT2D eigenvalue weighted by atomic mass is 9.82. The van der Waals surface area contributed by atoms with Crippen molar-refractivity contribution in [2.24, 2.45) is 11.3 Å². The molecule has 0 spiro atoms. The maximum absolute atomic E-state index is 12.9. The first-order chi connectivity index (χ1) is 10.3. The average molecular weight is 309 g/mol. The van der Waals surface area contributed by atoms with E-state index in [0.29, 0.717) is 19.0 Å². The predicted molar refractivity (Wildman–Crippen MR) is 87.4 cm³/mol. The van der Waals surface area contributed by atoms with Gasteiger partial charge in [0.2, 0.25) is 11.8 Å². The summed E-state index contributed by atoms with van der Waals surface area (Å²) in [6.45, 7) is 12.0. The number of amides is 2. The third-order valence-electron chi connectivity index (χ3n) is 4.75. The molecule has 1 unspecified atom stereocenters. The van der Waals surface area contributed by atoms with Crippen LogP contribution in [0.25, 0.3) is 0 Å². The van der Waals surface area contributed by atoms with Gasteiger partial charge in [-0.3, -0.25) is 9.59 Å². The van der Waals surface area contributed by atoms with Crippen molar-refractivity contribution in [2.75, 3.05) is 32.7 Å². The first kappa shape index (κ1) is 17.3. The number of nitrogens with zero attached hydrogens (tertiary/aromatic N) is 2. The van der Waals surface area contributed by atoms with Crippen LogP contribution in [0, 0.1) is 11.3 Å². The topological polar surface area (TPSA) is 52.7 Å². The van der Waals surface area contributed by atoms with Gasteiger partial charge < -0.3 is 15.1 Å². The van der Waals surface area contributed by atoms with Crippen LogP contribution in [0.15, 0.2) is 0 Å². The van der Waals surface area contributed by atoms with Crippen LogP contribution in [-0.4, -0.2) is 60.4 Å². The van der Waals surface area contributed by atoms with Crippen LogP contribution < -0.4 is 5.32 Å². The number of hydrogen-bond acceptors (Lipinski definition) is 3. The van der Waals surface area contributed by atoms with Crippen molar-refractivity contribution < 1.29 is 9.59 Å². The molecule has 22 heavy (non-hydrogen) atoms. The standard InChI is InChI=1S/C17H31N3O2/c1-13(2)10-17(3,4)16(22)19-8-5-6-14(12-19)20-9-7-18-11-15(20)21/h13-14,18H,5-12H2,1-4H3. The molecule has 0 bridgehead atoms. The van der Waals surface area contributed by atoms with Crippen LogP contribution in [0.1, 0.15) is 47.0 Å². The molecule has 0 aliphatic carbocycles. The second kappa shape index (κ2) is 6.99. The smallest absolute Gasteiger partial charge is 0.236 e. The van der Waals surface area contributed by atoms with Crippen molar-refractivity contribution in [1.82, 2.24) is 15.1 Å². The van der Waals surface area contributed by atoms with Crippen LogP contribution in [0.4, 0.5) is 0 Å². The molecule has 126 valence electrons. The molecule has 0 aromatic rings. The molecule has 0 aromatic carbocycles. The zero-order valence-corrected chi connectivity index (χ0v) is 14.5. The van der Waals surface area contributed by atoms with E-state index in [-0.39, 0.29) is 23.3 Å². The molecular formula is C17H31N3O2. The molecule has 2 aliphatic heterocycles. The Morgan fingerprint density at radius 3 is 2.73 bits per heavy atom. The molecule has 2 amide bonds. The molecule has 2 rings (SSSR count). The third-order valence-corrected chi connectivity index (χ3v) is 4.75. The number of piperazine rings is 1. The molecule has 2 saturated heterocycles. The third kappa shape index (κ3) is 4.00. The van der Waals surface area contributed by atoms with E-state index in [1.54, 1.807) is 0 Å². The van der Waals surface area contributed by atoms with Gasteiger partial charge in [-0.1, -0.05) is 27.7 Å². The molecule has 0 saturated carbocycles. The second-order valence-electron chi connectivity index (χ2n) is 7.79. The van der Waals surface area contributed by atoms with Gasteiger partial charge in [0, 0.05) is 37.6 Å². The van der Waals surface area contributed by atoms with Gasteiger partial charge in [-0.25, -0.2) is 0 Å². The Kier molecular flexibility index (Phi) is 5.48. The predicted octanol–water partition coefficient (Wildman–Crippen LogP) is 1.48. The van der Waals surface area contributed by atoms with Crippen LogP contribution in [0.3, 0.4) is 0 Å². The minimum absolute atomic E-state index is 0.173. The van der Waals surface area contributed by atoms with Gasteiger partial charge in [-0.15, -0.1) is 0 Å². The van der Waals surface area contributed by atoms with E-state index < -0.39 is 0 Å². The molecule has 2 fully saturated rings. The Morgan fingerprint density at radius 1 is 1.36 bits per heavy atom. The summed E-state index contributed by atoms with van der Waals surface area (Å²) in [5.74, 6) is 0.926. The molecule has 1 N–H and O–H groups in total. The zero-order chi connectivity index (χ0) is 16.3. The van der Waals surface area contributed by atoms with E-state index >= 15 is 0 Å². The highest BCUT2D eigenvalue weighted by molar-refractivity contribution is 5.82. The SMILES string of the molecule is CC(C)CC(C)(C)C(=O)N1CCCC(N2CCNCC2=O)C1. The van der Waals surface area contributed by atoms with E-state index in [4.69, 9.17) is 0 Å². The van der Waals surface area contributed by atoms with Gasteiger partial charge in [0.05, 0.1) is 6.54 Å². The van der Waals surface area contributed by atoms with E-state index in [1.165, 1.54) is 0 Å². The molecule has 5 nitrogen and oxygen atoms in total. The van der Waals surface area contributed by atoms with Gasteiger partial charge in [-0.05, 0) is 25.2 Å². The lowest BCUT2D eigenvalue weighted by Crippen LogP contribution is -2.58. The van der Waals surface area contributed by atoms with E-state index in [2.05, 4.69) is 33.0 Å². The van der Waals surface area contributed by atoms with Gasteiger partial charge in [0.1, 0.15) is 0 Å². The summed E-state index contributed by atoms with van der Waals surface area (Å²) in [6.07, 6.45) is 2.91. The summed E-state index contributed by atoms with van der Waals surface area (Å²) in [5, 5.41) is 3.11. The quantitative estimate of drug-likeness (QED) is 0.856. The van der Waals surface area contributed by atoms with Crippen LogP contribution in [0.2, 0.25) is 0 Å². The number of nitrogens with one attached hydrogen (secondary N) is 1. The lowest BCUT2D eigenvalue weighted by molar-refractivity contribution is -0.146. The van der Waals surface area contributed by atoms with Crippen molar-refractivity contribution in [2.45, 2.75) is 53.0 Å². The fourth-order valence-electron chi connectivity index (χ4n) is 3.94. The fraction of sp³-hybridized carbons (Fsp3) is 0.882. The van der Waals surface area contributed by atoms with Gasteiger partial charge in [0.25, 0.3) is 0 Å². The van der Waals surface area contributed by atoms with Crippen molar-refractivity contribution in [3.63, 3.8) is 0 Å². The summed E-state index contributed by atoms with van der Waals surface area (Å²) in [4.78, 5) is 28.9. The van der Waals surface area contributed by atoms with Crippen LogP contribution >= 0.6 is 0 Å². The monoisotopic (exact) mass is 309 g/mol. The van der Waals surface area contributed by atoms with Crippen molar-refractivity contribution >= 4 is 11.8 Å². The van der Waals surface area contributed by atoms with Gasteiger partial charge in [-0.2, -0.15) is 0 Å². The Morgan fingerprint density at radius 2 is 2.09 bits per heavy atom. The highest BCUT2D eigenvalue weighted by Crippen LogP contribution is 2.29. The Balaban J connectivity index is 2.00. The van der Waals surface area contributed by atoms with Crippen molar-refractivity contribution in [1.29, 1.82) is 0 Å². The summed E-state index contributed by atoms with van der Waals surface area (Å²) in [7, 11) is 0. The number of carbonyl (C=O) groups excluding carboxylic acids is 2. The maximum atomic E-state index is 12.9. The summed E-state index contributed by atoms with van der Waals surface area (Å²) >= 11 is 0. The molecule has 1 atom stereocenters. The lowest BCUT2D eigenvalue weighted by Gasteiger charge is -2.43. The highest BCUT2D eigenvalue weighted by Gasteiger charge is 2.37. The van der Waals surface area contributed by atoms with Crippen LogP contribution in [-0.2, 0) is 9.59 Å². The number of likely N-dealkylation sites (tertiary alicyclic amines) is 1. The van der Waals surface area contributed by atoms with Gasteiger partial charge >= 0.3 is 0 Å². The Bertz CT molecular complexity index is 420. The number of rotatable bonds is 4.